The molecule has 0 radical (unpaired) electrons. The van der Waals surface area contributed by atoms with Crippen LogP contribution in [0, 0.1) is 5.82 Å². The molecule has 0 fully saturated rings. The van der Waals surface area contributed by atoms with Crippen molar-refractivity contribution in [1.29, 1.82) is 0 Å². The summed E-state index contributed by atoms with van der Waals surface area (Å²) in [6.07, 6.45) is 0.665. The van der Waals surface area contributed by atoms with Crippen LogP contribution in [0.15, 0.2) is 42.5 Å². The second kappa shape index (κ2) is 7.29. The Kier molecular flexibility index (Phi) is 5.42. The third kappa shape index (κ3) is 4.92. The number of urea groups is 1. The SMILES string of the molecule is O=C(NCCc1cccc(Cl)c1)Nc1ccc(F)c(Cl)c1. The molecule has 0 saturated heterocycles. The maximum Gasteiger partial charge on any atom is 0.319 e. The Hall–Kier alpha value is -1.78. The van der Waals surface area contributed by atoms with Gasteiger partial charge in [-0.1, -0.05) is 35.3 Å². The highest BCUT2D eigenvalue weighted by Crippen LogP contribution is 2.19. The van der Waals surface area contributed by atoms with Crippen molar-refractivity contribution in [3.8, 4) is 0 Å². The molecule has 2 aromatic rings. The van der Waals surface area contributed by atoms with Gasteiger partial charge >= 0.3 is 6.03 Å². The summed E-state index contributed by atoms with van der Waals surface area (Å²) in [5.41, 5.74) is 1.47. The van der Waals surface area contributed by atoms with Crippen molar-refractivity contribution >= 4 is 34.9 Å². The number of rotatable bonds is 4. The zero-order valence-corrected chi connectivity index (χ0v) is 12.5. The van der Waals surface area contributed by atoms with Gasteiger partial charge in [0, 0.05) is 17.3 Å². The van der Waals surface area contributed by atoms with E-state index in [4.69, 9.17) is 23.2 Å². The Bertz CT molecular complexity index is 649. The van der Waals surface area contributed by atoms with E-state index in [1.165, 1.54) is 18.2 Å². The fraction of sp³-hybridized carbons (Fsp3) is 0.133. The van der Waals surface area contributed by atoms with Crippen LogP contribution in [-0.2, 0) is 6.42 Å². The van der Waals surface area contributed by atoms with E-state index < -0.39 is 5.82 Å². The smallest absolute Gasteiger partial charge is 0.319 e. The van der Waals surface area contributed by atoms with E-state index in [2.05, 4.69) is 10.6 Å². The highest BCUT2D eigenvalue weighted by atomic mass is 35.5. The van der Waals surface area contributed by atoms with Gasteiger partial charge in [0.1, 0.15) is 5.82 Å². The van der Waals surface area contributed by atoms with Crippen LogP contribution in [0.5, 0.6) is 0 Å². The molecule has 0 saturated carbocycles. The molecular formula is C15H13Cl2FN2O. The largest absolute Gasteiger partial charge is 0.338 e. The summed E-state index contributed by atoms with van der Waals surface area (Å²) >= 11 is 11.5. The highest BCUT2D eigenvalue weighted by molar-refractivity contribution is 6.31. The minimum atomic E-state index is -0.524. The summed E-state index contributed by atoms with van der Waals surface area (Å²) < 4.78 is 13.0. The molecule has 0 aliphatic rings. The first-order valence-electron chi connectivity index (χ1n) is 6.29. The molecule has 21 heavy (non-hydrogen) atoms. The van der Waals surface area contributed by atoms with Crippen LogP contribution in [0.2, 0.25) is 10.0 Å². The summed E-state index contributed by atoms with van der Waals surface area (Å²) in [5.74, 6) is -0.524. The van der Waals surface area contributed by atoms with Gasteiger partial charge in [0.25, 0.3) is 0 Å². The van der Waals surface area contributed by atoms with Gasteiger partial charge in [-0.2, -0.15) is 0 Å². The molecule has 0 spiro atoms. The molecule has 2 aromatic carbocycles. The summed E-state index contributed by atoms with van der Waals surface area (Å²) in [5, 5.41) is 5.91. The van der Waals surface area contributed by atoms with E-state index >= 15 is 0 Å². The first-order chi connectivity index (χ1) is 10.0. The lowest BCUT2D eigenvalue weighted by Gasteiger charge is -2.08. The van der Waals surface area contributed by atoms with Gasteiger partial charge in [-0.05, 0) is 42.3 Å². The first-order valence-corrected chi connectivity index (χ1v) is 7.04. The zero-order valence-electron chi connectivity index (χ0n) is 11.0. The van der Waals surface area contributed by atoms with E-state index in [1.54, 1.807) is 6.07 Å². The van der Waals surface area contributed by atoms with Crippen LogP contribution < -0.4 is 10.6 Å². The van der Waals surface area contributed by atoms with E-state index in [9.17, 15) is 9.18 Å². The van der Waals surface area contributed by atoms with Crippen molar-refractivity contribution in [2.45, 2.75) is 6.42 Å². The van der Waals surface area contributed by atoms with Crippen LogP contribution in [0.3, 0.4) is 0 Å². The number of halogens is 3. The molecule has 0 aromatic heterocycles. The Balaban J connectivity index is 1.81. The Morgan fingerprint density at radius 1 is 1.14 bits per heavy atom. The van der Waals surface area contributed by atoms with Gasteiger partial charge in [-0.25, -0.2) is 9.18 Å². The number of anilines is 1. The average Bonchev–Trinajstić information content (AvgIpc) is 2.43. The first kappa shape index (κ1) is 15.6. The maximum atomic E-state index is 13.0. The number of hydrogen-bond donors (Lipinski definition) is 2. The molecule has 110 valence electrons. The molecule has 0 unspecified atom stereocenters. The van der Waals surface area contributed by atoms with Crippen molar-refractivity contribution in [3.63, 3.8) is 0 Å². The minimum Gasteiger partial charge on any atom is -0.338 e. The second-order valence-electron chi connectivity index (χ2n) is 4.39. The average molecular weight is 327 g/mol. The van der Waals surface area contributed by atoms with Crippen LogP contribution >= 0.6 is 23.2 Å². The fourth-order valence-electron chi connectivity index (χ4n) is 1.76. The number of amides is 2. The molecule has 0 aliphatic carbocycles. The van der Waals surface area contributed by atoms with Crippen molar-refractivity contribution in [1.82, 2.24) is 5.32 Å². The van der Waals surface area contributed by atoms with E-state index in [1.807, 2.05) is 18.2 Å². The third-order valence-electron chi connectivity index (χ3n) is 2.77. The number of nitrogens with one attached hydrogen (secondary N) is 2. The van der Waals surface area contributed by atoms with Gasteiger partial charge in [-0.3, -0.25) is 0 Å². The topological polar surface area (TPSA) is 41.1 Å². The van der Waals surface area contributed by atoms with Crippen molar-refractivity contribution in [2.24, 2.45) is 0 Å². The van der Waals surface area contributed by atoms with E-state index in [0.717, 1.165) is 5.56 Å². The predicted octanol–water partition coefficient (Wildman–Crippen LogP) is 4.50. The highest BCUT2D eigenvalue weighted by Gasteiger charge is 2.04. The summed E-state index contributed by atoms with van der Waals surface area (Å²) in [6, 6.07) is 11.1. The predicted molar refractivity (Wildman–Crippen MR) is 83.6 cm³/mol. The van der Waals surface area contributed by atoms with Crippen molar-refractivity contribution in [3.05, 3.63) is 63.9 Å². The molecule has 0 aliphatic heterocycles. The zero-order chi connectivity index (χ0) is 15.2. The molecule has 2 rings (SSSR count). The van der Waals surface area contributed by atoms with Gasteiger partial charge < -0.3 is 10.6 Å². The molecule has 2 amide bonds. The molecular weight excluding hydrogens is 314 g/mol. The standard InChI is InChI=1S/C15H13Cl2FN2O/c16-11-3-1-2-10(8-11)6-7-19-15(21)20-12-4-5-14(18)13(17)9-12/h1-5,8-9H,6-7H2,(H2,19,20,21). The molecule has 2 N–H and O–H groups in total. The van der Waals surface area contributed by atoms with Gasteiger partial charge in [0.15, 0.2) is 0 Å². The van der Waals surface area contributed by atoms with Crippen molar-refractivity contribution in [2.75, 3.05) is 11.9 Å². The fourth-order valence-corrected chi connectivity index (χ4v) is 2.16. The number of carbonyl (C=O) groups excluding carboxylic acids is 1. The Morgan fingerprint density at radius 2 is 1.95 bits per heavy atom. The number of carbonyl (C=O) groups is 1. The van der Waals surface area contributed by atoms with Gasteiger partial charge in [-0.15, -0.1) is 0 Å². The summed E-state index contributed by atoms with van der Waals surface area (Å²) in [4.78, 5) is 11.7. The molecule has 0 heterocycles. The summed E-state index contributed by atoms with van der Waals surface area (Å²) in [7, 11) is 0. The molecule has 0 atom stereocenters. The Labute approximate surface area is 132 Å². The summed E-state index contributed by atoms with van der Waals surface area (Å²) in [6.45, 7) is 0.459. The molecule has 0 bridgehead atoms. The van der Waals surface area contributed by atoms with Crippen LogP contribution in [-0.4, -0.2) is 12.6 Å². The monoisotopic (exact) mass is 326 g/mol. The van der Waals surface area contributed by atoms with E-state index in [0.29, 0.717) is 23.7 Å². The van der Waals surface area contributed by atoms with Gasteiger partial charge in [0.2, 0.25) is 0 Å². The molecule has 3 nitrogen and oxygen atoms in total. The third-order valence-corrected chi connectivity index (χ3v) is 3.29. The van der Waals surface area contributed by atoms with Crippen LogP contribution in [0.25, 0.3) is 0 Å². The number of hydrogen-bond acceptors (Lipinski definition) is 1. The minimum absolute atomic E-state index is 0.0354. The van der Waals surface area contributed by atoms with Crippen molar-refractivity contribution < 1.29 is 9.18 Å². The number of benzene rings is 2. The second-order valence-corrected chi connectivity index (χ2v) is 5.23. The van der Waals surface area contributed by atoms with E-state index in [-0.39, 0.29) is 11.1 Å². The normalized spacial score (nSPS) is 10.2. The quantitative estimate of drug-likeness (QED) is 0.853. The molecule has 6 heteroatoms. The van der Waals surface area contributed by atoms with Gasteiger partial charge in [0.05, 0.1) is 5.02 Å². The maximum absolute atomic E-state index is 13.0. The van der Waals surface area contributed by atoms with Crippen LogP contribution in [0.1, 0.15) is 5.56 Å². The Morgan fingerprint density at radius 3 is 2.67 bits per heavy atom. The lowest BCUT2D eigenvalue weighted by Crippen LogP contribution is -2.30. The lowest BCUT2D eigenvalue weighted by molar-refractivity contribution is 0.252. The van der Waals surface area contributed by atoms with Crippen LogP contribution in [0.4, 0.5) is 14.9 Å². The lowest BCUT2D eigenvalue weighted by atomic mass is 10.1.